The van der Waals surface area contributed by atoms with Gasteiger partial charge in [-0.05, 0) is 18.2 Å². The molecule has 0 aliphatic carbocycles. The summed E-state index contributed by atoms with van der Waals surface area (Å²) in [6, 6.07) is 4.66. The molecular weight excluding hydrogens is 380 g/mol. The molecular formula is C16H29ClN4O4S. The number of ether oxygens (including phenoxy) is 1. The van der Waals surface area contributed by atoms with Crippen LogP contribution in [0.3, 0.4) is 0 Å². The fraction of sp³-hybridized carbons (Fsp3) is 0.562. The van der Waals surface area contributed by atoms with Crippen molar-refractivity contribution in [2.75, 3.05) is 57.6 Å². The first-order valence-electron chi connectivity index (χ1n) is 8.22. The number of halogens is 1. The van der Waals surface area contributed by atoms with Crippen LogP contribution < -0.4 is 16.0 Å². The number of hydrogen-bond donors (Lipinski definition) is 3. The van der Waals surface area contributed by atoms with Crippen molar-refractivity contribution in [1.29, 1.82) is 0 Å². The Morgan fingerprint density at radius 3 is 2.38 bits per heavy atom. The van der Waals surface area contributed by atoms with Crippen molar-refractivity contribution >= 4 is 39.7 Å². The molecule has 1 amide bonds. The van der Waals surface area contributed by atoms with Gasteiger partial charge < -0.3 is 20.7 Å². The first kappa shape index (κ1) is 24.6. The van der Waals surface area contributed by atoms with Gasteiger partial charge in [0.25, 0.3) is 0 Å². The number of amides is 1. The maximum atomic E-state index is 12.6. The number of nitrogens with one attached hydrogen (secondary N) is 3. The topological polar surface area (TPSA) is 99.8 Å². The normalized spacial score (nSPS) is 11.1. The molecule has 0 heterocycles. The van der Waals surface area contributed by atoms with Crippen molar-refractivity contribution in [1.82, 2.24) is 9.62 Å². The molecule has 0 atom stereocenters. The molecule has 1 rings (SSSR count). The molecule has 0 aliphatic heterocycles. The number of carbonyl (C=O) groups is 1. The van der Waals surface area contributed by atoms with Gasteiger partial charge in [0.1, 0.15) is 0 Å². The summed E-state index contributed by atoms with van der Waals surface area (Å²) in [6.45, 7) is 5.52. The molecule has 0 saturated carbocycles. The molecule has 0 spiro atoms. The Labute approximate surface area is 162 Å². The van der Waals surface area contributed by atoms with E-state index in [1.165, 1.54) is 16.4 Å². The second kappa shape index (κ2) is 12.1. The lowest BCUT2D eigenvalue weighted by Crippen LogP contribution is -2.31. The van der Waals surface area contributed by atoms with Gasteiger partial charge >= 0.3 is 0 Å². The summed E-state index contributed by atoms with van der Waals surface area (Å²) in [6.07, 6.45) is 0. The van der Waals surface area contributed by atoms with Gasteiger partial charge in [0.05, 0.1) is 29.4 Å². The summed E-state index contributed by atoms with van der Waals surface area (Å²) in [5, 5.41) is 8.63. The van der Waals surface area contributed by atoms with E-state index in [1.807, 2.05) is 0 Å². The van der Waals surface area contributed by atoms with Crippen molar-refractivity contribution in [2.45, 2.75) is 18.7 Å². The fourth-order valence-electron chi connectivity index (χ4n) is 2.29. The van der Waals surface area contributed by atoms with E-state index in [9.17, 15) is 13.2 Å². The molecule has 26 heavy (non-hydrogen) atoms. The first-order chi connectivity index (χ1) is 11.9. The third-order valence-electron chi connectivity index (χ3n) is 3.65. The first-order valence-corrected chi connectivity index (χ1v) is 9.66. The molecule has 0 saturated heterocycles. The lowest BCUT2D eigenvalue weighted by molar-refractivity contribution is -0.115. The van der Waals surface area contributed by atoms with Gasteiger partial charge in [-0.2, -0.15) is 4.31 Å². The molecule has 0 radical (unpaired) electrons. The predicted octanol–water partition coefficient (Wildman–Crippen LogP) is 1.36. The Balaban J connectivity index is 0.00000625. The van der Waals surface area contributed by atoms with Crippen LogP contribution in [0.25, 0.3) is 0 Å². The number of nitrogens with zero attached hydrogens (tertiary/aromatic N) is 1. The van der Waals surface area contributed by atoms with Gasteiger partial charge in [0.2, 0.25) is 15.9 Å². The van der Waals surface area contributed by atoms with Crippen LogP contribution in [0.15, 0.2) is 23.1 Å². The van der Waals surface area contributed by atoms with E-state index >= 15 is 0 Å². The highest BCUT2D eigenvalue weighted by Crippen LogP contribution is 2.26. The highest BCUT2D eigenvalue weighted by Gasteiger charge is 2.22. The predicted molar refractivity (Wildman–Crippen MR) is 107 cm³/mol. The fourth-order valence-corrected chi connectivity index (χ4v) is 3.77. The molecule has 0 fully saturated rings. The van der Waals surface area contributed by atoms with E-state index in [0.29, 0.717) is 37.6 Å². The van der Waals surface area contributed by atoms with Crippen molar-refractivity contribution in [3.63, 3.8) is 0 Å². The lowest BCUT2D eigenvalue weighted by atomic mass is 10.2. The third-order valence-corrected chi connectivity index (χ3v) is 5.69. The van der Waals surface area contributed by atoms with Crippen LogP contribution in [0.2, 0.25) is 0 Å². The standard InChI is InChI=1S/C16H28N4O4S.ClH/c1-5-20(6-2)25(22,23)13-7-8-14(17-3)15(11-13)19-16(21)12-18-9-10-24-4;/h7-8,11,17-18H,5-6,9-10,12H2,1-4H3,(H,19,21);1H. The molecule has 3 N–H and O–H groups in total. The number of sulfonamides is 1. The summed E-state index contributed by atoms with van der Waals surface area (Å²) in [4.78, 5) is 12.2. The molecule has 1 aromatic carbocycles. The average Bonchev–Trinajstić information content (AvgIpc) is 2.59. The van der Waals surface area contributed by atoms with E-state index in [1.54, 1.807) is 34.1 Å². The number of methoxy groups -OCH3 is 1. The Kier molecular flexibility index (Phi) is 11.4. The van der Waals surface area contributed by atoms with Crippen LogP contribution in [0.1, 0.15) is 13.8 Å². The minimum atomic E-state index is -3.59. The Morgan fingerprint density at radius 1 is 1.19 bits per heavy atom. The van der Waals surface area contributed by atoms with E-state index in [4.69, 9.17) is 4.74 Å². The van der Waals surface area contributed by atoms with Crippen LogP contribution >= 0.6 is 12.4 Å². The average molecular weight is 409 g/mol. The highest BCUT2D eigenvalue weighted by molar-refractivity contribution is 7.89. The lowest BCUT2D eigenvalue weighted by Gasteiger charge is -2.20. The van der Waals surface area contributed by atoms with Gasteiger partial charge in [-0.15, -0.1) is 12.4 Å². The van der Waals surface area contributed by atoms with E-state index in [0.717, 1.165) is 0 Å². The van der Waals surface area contributed by atoms with Crippen LogP contribution in [0, 0.1) is 0 Å². The molecule has 0 aromatic heterocycles. The zero-order valence-corrected chi connectivity index (χ0v) is 17.3. The third kappa shape index (κ3) is 6.73. The second-order valence-electron chi connectivity index (χ2n) is 5.26. The molecule has 1 aromatic rings. The molecule has 0 aliphatic rings. The smallest absolute Gasteiger partial charge is 0.243 e. The summed E-state index contributed by atoms with van der Waals surface area (Å²) in [7, 11) is -0.292. The van der Waals surface area contributed by atoms with Gasteiger partial charge in [-0.1, -0.05) is 13.8 Å². The molecule has 10 heteroatoms. The quantitative estimate of drug-likeness (QED) is 0.478. The van der Waals surface area contributed by atoms with E-state index in [-0.39, 0.29) is 29.8 Å². The summed E-state index contributed by atoms with van der Waals surface area (Å²) in [5.41, 5.74) is 1.07. The number of anilines is 2. The number of hydrogen-bond acceptors (Lipinski definition) is 6. The van der Waals surface area contributed by atoms with Crippen LogP contribution in [0.4, 0.5) is 11.4 Å². The molecule has 8 nitrogen and oxygen atoms in total. The van der Waals surface area contributed by atoms with Gasteiger partial charge in [-0.25, -0.2) is 8.42 Å². The number of benzene rings is 1. The van der Waals surface area contributed by atoms with Gasteiger partial charge in [-0.3, -0.25) is 4.79 Å². The number of carbonyl (C=O) groups excluding carboxylic acids is 1. The van der Waals surface area contributed by atoms with E-state index < -0.39 is 10.0 Å². The Bertz CT molecular complexity index is 666. The minimum absolute atomic E-state index is 0. The van der Waals surface area contributed by atoms with Crippen molar-refractivity contribution < 1.29 is 17.9 Å². The highest BCUT2D eigenvalue weighted by atomic mass is 35.5. The number of rotatable bonds is 11. The van der Waals surface area contributed by atoms with Gasteiger partial charge in [0, 0.05) is 33.8 Å². The van der Waals surface area contributed by atoms with Crippen LogP contribution in [-0.2, 0) is 19.6 Å². The van der Waals surface area contributed by atoms with E-state index in [2.05, 4.69) is 16.0 Å². The SMILES string of the molecule is CCN(CC)S(=O)(=O)c1ccc(NC)c(NC(=O)CNCCOC)c1.Cl. The van der Waals surface area contributed by atoms with Crippen LogP contribution in [-0.4, -0.2) is 65.6 Å². The molecule has 150 valence electrons. The zero-order valence-electron chi connectivity index (χ0n) is 15.7. The van der Waals surface area contributed by atoms with Crippen molar-refractivity contribution in [3.8, 4) is 0 Å². The van der Waals surface area contributed by atoms with Crippen molar-refractivity contribution in [2.24, 2.45) is 0 Å². The largest absolute Gasteiger partial charge is 0.386 e. The maximum Gasteiger partial charge on any atom is 0.243 e. The monoisotopic (exact) mass is 408 g/mol. The van der Waals surface area contributed by atoms with Crippen LogP contribution in [0.5, 0.6) is 0 Å². The van der Waals surface area contributed by atoms with Crippen molar-refractivity contribution in [3.05, 3.63) is 18.2 Å². The minimum Gasteiger partial charge on any atom is -0.386 e. The molecule has 0 unspecified atom stereocenters. The Morgan fingerprint density at radius 2 is 1.85 bits per heavy atom. The summed E-state index contributed by atoms with van der Waals surface area (Å²) >= 11 is 0. The van der Waals surface area contributed by atoms with Gasteiger partial charge in [0.15, 0.2) is 0 Å². The second-order valence-corrected chi connectivity index (χ2v) is 7.20. The Hall–Kier alpha value is -1.39. The molecule has 0 bridgehead atoms. The summed E-state index contributed by atoms with van der Waals surface area (Å²) in [5.74, 6) is -0.259. The zero-order chi connectivity index (χ0) is 18.9. The maximum absolute atomic E-state index is 12.6. The summed E-state index contributed by atoms with van der Waals surface area (Å²) < 4.78 is 31.6.